The molecule has 1 aliphatic rings. The van der Waals surface area contributed by atoms with Gasteiger partial charge in [-0.15, -0.1) is 0 Å². The standard InChI is InChI=1S/C11H14N2O3/c14-9-4-1-3-8(7-9)12-11(15)13-10-5-2-6-16-10/h1,3-4,7,10,14H,2,5-6H2,(H2,12,13,15). The van der Waals surface area contributed by atoms with Crippen molar-refractivity contribution in [3.05, 3.63) is 24.3 Å². The molecule has 0 bridgehead atoms. The van der Waals surface area contributed by atoms with E-state index in [4.69, 9.17) is 4.74 Å². The van der Waals surface area contributed by atoms with Gasteiger partial charge in [0.2, 0.25) is 0 Å². The number of nitrogens with one attached hydrogen (secondary N) is 2. The number of ether oxygens (including phenoxy) is 1. The van der Waals surface area contributed by atoms with Crippen LogP contribution in [0.5, 0.6) is 5.75 Å². The SMILES string of the molecule is O=C(Nc1cccc(O)c1)NC1CCCO1. The lowest BCUT2D eigenvalue weighted by molar-refractivity contribution is 0.0928. The summed E-state index contributed by atoms with van der Waals surface area (Å²) in [5.41, 5.74) is 0.551. The molecule has 5 heteroatoms. The van der Waals surface area contributed by atoms with E-state index < -0.39 is 0 Å². The van der Waals surface area contributed by atoms with Crippen LogP contribution in [0, 0.1) is 0 Å². The van der Waals surface area contributed by atoms with Crippen LogP contribution < -0.4 is 10.6 Å². The Hall–Kier alpha value is -1.75. The van der Waals surface area contributed by atoms with Crippen LogP contribution in [0.25, 0.3) is 0 Å². The van der Waals surface area contributed by atoms with E-state index in [0.29, 0.717) is 12.3 Å². The minimum absolute atomic E-state index is 0.120. The van der Waals surface area contributed by atoms with E-state index in [1.54, 1.807) is 18.2 Å². The van der Waals surface area contributed by atoms with E-state index in [1.807, 2.05) is 0 Å². The summed E-state index contributed by atoms with van der Waals surface area (Å²) in [5, 5.41) is 14.5. The Bertz CT molecular complexity index is 375. The molecule has 0 aliphatic carbocycles. The maximum Gasteiger partial charge on any atom is 0.321 e. The van der Waals surface area contributed by atoms with Crippen LogP contribution in [0.3, 0.4) is 0 Å². The molecule has 3 N–H and O–H groups in total. The molecule has 1 unspecified atom stereocenters. The zero-order valence-corrected chi connectivity index (χ0v) is 8.77. The molecular formula is C11H14N2O3. The van der Waals surface area contributed by atoms with Crippen molar-refractivity contribution in [1.82, 2.24) is 5.32 Å². The fourth-order valence-corrected chi connectivity index (χ4v) is 1.59. The monoisotopic (exact) mass is 222 g/mol. The number of aromatic hydroxyl groups is 1. The fraction of sp³-hybridized carbons (Fsp3) is 0.364. The summed E-state index contributed by atoms with van der Waals surface area (Å²) in [6.07, 6.45) is 1.61. The smallest absolute Gasteiger partial charge is 0.321 e. The number of hydrogen-bond acceptors (Lipinski definition) is 3. The predicted octanol–water partition coefficient (Wildman–Crippen LogP) is 1.65. The van der Waals surface area contributed by atoms with Gasteiger partial charge in [-0.25, -0.2) is 4.79 Å². The average Bonchev–Trinajstić information content (AvgIpc) is 2.70. The Labute approximate surface area is 93.4 Å². The molecule has 0 aromatic heterocycles. The normalized spacial score (nSPS) is 19.4. The van der Waals surface area contributed by atoms with Crippen LogP contribution in [0.2, 0.25) is 0 Å². The second kappa shape index (κ2) is 4.85. The minimum atomic E-state index is -0.322. The van der Waals surface area contributed by atoms with Crippen LogP contribution in [0.4, 0.5) is 10.5 Å². The van der Waals surface area contributed by atoms with Crippen molar-refractivity contribution in [2.24, 2.45) is 0 Å². The molecule has 1 heterocycles. The Morgan fingerprint density at radius 2 is 2.38 bits per heavy atom. The first-order valence-electron chi connectivity index (χ1n) is 5.22. The van der Waals surface area contributed by atoms with Crippen molar-refractivity contribution >= 4 is 11.7 Å². The molecule has 1 atom stereocenters. The van der Waals surface area contributed by atoms with Crippen molar-refractivity contribution in [3.63, 3.8) is 0 Å². The van der Waals surface area contributed by atoms with Gasteiger partial charge in [0.1, 0.15) is 12.0 Å². The molecule has 16 heavy (non-hydrogen) atoms. The molecule has 1 aromatic rings. The lowest BCUT2D eigenvalue weighted by atomic mass is 10.3. The number of phenolic OH excluding ortho intramolecular Hbond substituents is 1. The second-order valence-corrected chi connectivity index (χ2v) is 3.65. The molecule has 1 fully saturated rings. The van der Waals surface area contributed by atoms with Crippen LogP contribution >= 0.6 is 0 Å². The van der Waals surface area contributed by atoms with Gasteiger partial charge < -0.3 is 20.5 Å². The number of carbonyl (C=O) groups excluding carboxylic acids is 1. The van der Waals surface area contributed by atoms with Gasteiger partial charge in [-0.05, 0) is 25.0 Å². The van der Waals surface area contributed by atoms with E-state index in [-0.39, 0.29) is 18.0 Å². The summed E-state index contributed by atoms with van der Waals surface area (Å²) in [7, 11) is 0. The van der Waals surface area contributed by atoms with E-state index in [9.17, 15) is 9.90 Å². The van der Waals surface area contributed by atoms with Crippen molar-refractivity contribution in [2.75, 3.05) is 11.9 Å². The highest BCUT2D eigenvalue weighted by atomic mass is 16.5. The molecule has 0 saturated carbocycles. The number of rotatable bonds is 2. The Kier molecular flexibility index (Phi) is 3.26. The Morgan fingerprint density at radius 1 is 1.50 bits per heavy atom. The molecule has 1 aromatic carbocycles. The number of amides is 2. The van der Waals surface area contributed by atoms with E-state index in [2.05, 4.69) is 10.6 Å². The van der Waals surface area contributed by atoms with Gasteiger partial charge in [0.05, 0.1) is 0 Å². The maximum absolute atomic E-state index is 11.5. The van der Waals surface area contributed by atoms with Gasteiger partial charge in [-0.1, -0.05) is 6.07 Å². The predicted molar refractivity (Wildman–Crippen MR) is 59.2 cm³/mol. The van der Waals surface area contributed by atoms with Gasteiger partial charge >= 0.3 is 6.03 Å². The summed E-state index contributed by atoms with van der Waals surface area (Å²) >= 11 is 0. The van der Waals surface area contributed by atoms with Crippen molar-refractivity contribution in [3.8, 4) is 5.75 Å². The highest BCUT2D eigenvalue weighted by Gasteiger charge is 2.17. The third kappa shape index (κ3) is 2.87. The quantitative estimate of drug-likeness (QED) is 0.712. The summed E-state index contributed by atoms with van der Waals surface area (Å²) < 4.78 is 5.26. The lowest BCUT2D eigenvalue weighted by Crippen LogP contribution is -2.37. The van der Waals surface area contributed by atoms with Crippen molar-refractivity contribution in [1.29, 1.82) is 0 Å². The van der Waals surface area contributed by atoms with Gasteiger partial charge in [0.15, 0.2) is 0 Å². The van der Waals surface area contributed by atoms with Gasteiger partial charge in [0, 0.05) is 18.4 Å². The summed E-state index contributed by atoms with van der Waals surface area (Å²) in [4.78, 5) is 11.5. The molecule has 86 valence electrons. The molecular weight excluding hydrogens is 208 g/mol. The maximum atomic E-state index is 11.5. The van der Waals surface area contributed by atoms with Crippen LogP contribution in [-0.2, 0) is 4.74 Å². The number of hydrogen-bond donors (Lipinski definition) is 3. The zero-order valence-electron chi connectivity index (χ0n) is 8.77. The largest absolute Gasteiger partial charge is 0.508 e. The number of benzene rings is 1. The van der Waals surface area contributed by atoms with Crippen LogP contribution in [0.15, 0.2) is 24.3 Å². The number of phenols is 1. The third-order valence-corrected chi connectivity index (χ3v) is 2.33. The van der Waals surface area contributed by atoms with Crippen LogP contribution in [-0.4, -0.2) is 24.0 Å². The Balaban J connectivity index is 1.86. The van der Waals surface area contributed by atoms with E-state index in [1.165, 1.54) is 6.07 Å². The fourth-order valence-electron chi connectivity index (χ4n) is 1.59. The lowest BCUT2D eigenvalue weighted by Gasteiger charge is -2.12. The molecule has 1 aliphatic heterocycles. The highest BCUT2D eigenvalue weighted by Crippen LogP contribution is 2.15. The third-order valence-electron chi connectivity index (χ3n) is 2.33. The van der Waals surface area contributed by atoms with E-state index >= 15 is 0 Å². The van der Waals surface area contributed by atoms with Crippen molar-refractivity contribution < 1.29 is 14.6 Å². The first-order chi connectivity index (χ1) is 7.74. The summed E-state index contributed by atoms with van der Waals surface area (Å²) in [5.74, 6) is 0.120. The molecule has 5 nitrogen and oxygen atoms in total. The highest BCUT2D eigenvalue weighted by molar-refractivity contribution is 5.89. The summed E-state index contributed by atoms with van der Waals surface area (Å²) in [6, 6.07) is 6.07. The number of urea groups is 1. The Morgan fingerprint density at radius 3 is 3.06 bits per heavy atom. The van der Waals surface area contributed by atoms with Crippen LogP contribution in [0.1, 0.15) is 12.8 Å². The molecule has 0 spiro atoms. The van der Waals surface area contributed by atoms with Gasteiger partial charge in [0.25, 0.3) is 0 Å². The first kappa shape index (κ1) is 10.8. The van der Waals surface area contributed by atoms with Gasteiger partial charge in [-0.2, -0.15) is 0 Å². The number of carbonyl (C=O) groups is 1. The zero-order chi connectivity index (χ0) is 11.4. The van der Waals surface area contributed by atoms with Gasteiger partial charge in [-0.3, -0.25) is 0 Å². The average molecular weight is 222 g/mol. The minimum Gasteiger partial charge on any atom is -0.508 e. The second-order valence-electron chi connectivity index (χ2n) is 3.65. The summed E-state index contributed by atoms with van der Waals surface area (Å²) in [6.45, 7) is 0.692. The first-order valence-corrected chi connectivity index (χ1v) is 5.22. The van der Waals surface area contributed by atoms with Crippen molar-refractivity contribution in [2.45, 2.75) is 19.1 Å². The number of anilines is 1. The molecule has 1 saturated heterocycles. The molecule has 0 radical (unpaired) electrons. The van der Waals surface area contributed by atoms with E-state index in [0.717, 1.165) is 12.8 Å². The molecule has 2 rings (SSSR count). The molecule has 2 amide bonds. The topological polar surface area (TPSA) is 70.6 Å².